The number of nitrogens with two attached hydrogens (primary N) is 1. The van der Waals surface area contributed by atoms with Crippen molar-refractivity contribution in [3.05, 3.63) is 58.8 Å². The zero-order chi connectivity index (χ0) is 15.5. The third-order valence-electron chi connectivity index (χ3n) is 2.97. The zero-order valence-corrected chi connectivity index (χ0v) is 12.0. The van der Waals surface area contributed by atoms with Crippen molar-refractivity contribution in [3.63, 3.8) is 0 Å². The Bertz CT molecular complexity index is 800. The minimum Gasteiger partial charge on any atom is -0.398 e. The summed E-state index contributed by atoms with van der Waals surface area (Å²) in [5.41, 5.74) is 5.76. The number of rotatable bonds is 5. The van der Waals surface area contributed by atoms with Crippen molar-refractivity contribution in [2.24, 2.45) is 0 Å². The van der Waals surface area contributed by atoms with Crippen LogP contribution in [0, 0.1) is 5.82 Å². The third-order valence-corrected chi connectivity index (χ3v) is 4.77. The number of benzene rings is 1. The normalized spacial score (nSPS) is 11.5. The molecule has 112 valence electrons. The Balaban J connectivity index is 2.06. The first-order valence-electron chi connectivity index (χ1n) is 6.33. The number of aryl methyl sites for hydroxylation is 1. The highest BCUT2D eigenvalue weighted by Crippen LogP contribution is 2.13. The standard InChI is InChI=1S/C14H15FN2O3S/c15-11-3-1-4-13(9-11)21(19,20)8-2-7-17-10-12(16)5-6-14(17)18/h1,3-6,9-10H,2,7-8,16H2. The van der Waals surface area contributed by atoms with Crippen molar-refractivity contribution in [2.75, 3.05) is 11.5 Å². The molecule has 0 aliphatic heterocycles. The van der Waals surface area contributed by atoms with Crippen LogP contribution in [0.1, 0.15) is 6.42 Å². The van der Waals surface area contributed by atoms with Gasteiger partial charge in [-0.1, -0.05) is 6.07 Å². The first kappa shape index (κ1) is 15.2. The molecule has 5 nitrogen and oxygen atoms in total. The van der Waals surface area contributed by atoms with Crippen molar-refractivity contribution < 1.29 is 12.8 Å². The summed E-state index contributed by atoms with van der Waals surface area (Å²) in [5.74, 6) is -0.763. The average molecular weight is 310 g/mol. The van der Waals surface area contributed by atoms with Crippen LogP contribution in [0.3, 0.4) is 0 Å². The van der Waals surface area contributed by atoms with Crippen LogP contribution in [0.5, 0.6) is 0 Å². The number of sulfone groups is 1. The summed E-state index contributed by atoms with van der Waals surface area (Å²) >= 11 is 0. The number of nitrogens with zero attached hydrogens (tertiary/aromatic N) is 1. The number of aromatic nitrogens is 1. The molecular formula is C14H15FN2O3S. The van der Waals surface area contributed by atoms with Gasteiger partial charge < -0.3 is 10.3 Å². The van der Waals surface area contributed by atoms with Crippen molar-refractivity contribution in [1.82, 2.24) is 4.57 Å². The maximum absolute atomic E-state index is 13.1. The minimum atomic E-state index is -3.56. The summed E-state index contributed by atoms with van der Waals surface area (Å²) in [6.07, 6.45) is 1.71. The van der Waals surface area contributed by atoms with E-state index in [4.69, 9.17) is 5.73 Å². The molecule has 0 amide bonds. The van der Waals surface area contributed by atoms with Crippen molar-refractivity contribution in [1.29, 1.82) is 0 Å². The van der Waals surface area contributed by atoms with Crippen LogP contribution in [0.4, 0.5) is 10.1 Å². The minimum absolute atomic E-state index is 0.0533. The van der Waals surface area contributed by atoms with Gasteiger partial charge in [0, 0.05) is 24.5 Å². The van der Waals surface area contributed by atoms with Crippen LogP contribution < -0.4 is 11.3 Å². The number of halogens is 1. The average Bonchev–Trinajstić information content (AvgIpc) is 2.42. The second-order valence-corrected chi connectivity index (χ2v) is 6.73. The van der Waals surface area contributed by atoms with E-state index in [9.17, 15) is 17.6 Å². The van der Waals surface area contributed by atoms with E-state index in [0.29, 0.717) is 5.69 Å². The van der Waals surface area contributed by atoms with Crippen LogP contribution in [0.25, 0.3) is 0 Å². The first-order valence-corrected chi connectivity index (χ1v) is 7.98. The van der Waals surface area contributed by atoms with Crippen LogP contribution in [0.2, 0.25) is 0 Å². The lowest BCUT2D eigenvalue weighted by Crippen LogP contribution is -2.20. The maximum atomic E-state index is 13.1. The fourth-order valence-electron chi connectivity index (χ4n) is 1.93. The Hall–Kier alpha value is -2.15. The fourth-order valence-corrected chi connectivity index (χ4v) is 3.25. The largest absolute Gasteiger partial charge is 0.398 e. The molecule has 2 aromatic rings. The lowest BCUT2D eigenvalue weighted by atomic mass is 10.3. The van der Waals surface area contributed by atoms with E-state index in [1.165, 1.54) is 41.1 Å². The summed E-state index contributed by atoms with van der Waals surface area (Å²) in [5, 5.41) is 0. The smallest absolute Gasteiger partial charge is 0.250 e. The van der Waals surface area contributed by atoms with Crippen molar-refractivity contribution in [3.8, 4) is 0 Å². The summed E-state index contributed by atoms with van der Waals surface area (Å²) in [7, 11) is -3.56. The predicted octanol–water partition coefficient (Wildman–Crippen LogP) is 1.43. The van der Waals surface area contributed by atoms with E-state index in [2.05, 4.69) is 0 Å². The topological polar surface area (TPSA) is 82.2 Å². The van der Waals surface area contributed by atoms with E-state index < -0.39 is 15.7 Å². The van der Waals surface area contributed by atoms with E-state index in [1.807, 2.05) is 0 Å². The van der Waals surface area contributed by atoms with Gasteiger partial charge in [0.05, 0.1) is 10.6 Å². The number of hydrogen-bond acceptors (Lipinski definition) is 4. The quantitative estimate of drug-likeness (QED) is 0.906. The third kappa shape index (κ3) is 3.91. The van der Waals surface area contributed by atoms with Gasteiger partial charge in [-0.15, -0.1) is 0 Å². The summed E-state index contributed by atoms with van der Waals surface area (Å²) in [4.78, 5) is 11.5. The molecule has 21 heavy (non-hydrogen) atoms. The molecule has 7 heteroatoms. The molecular weight excluding hydrogens is 295 g/mol. The highest BCUT2D eigenvalue weighted by molar-refractivity contribution is 7.91. The van der Waals surface area contributed by atoms with E-state index in [1.54, 1.807) is 0 Å². The molecule has 0 atom stereocenters. The Morgan fingerprint density at radius 3 is 2.67 bits per heavy atom. The molecule has 2 rings (SSSR count). The van der Waals surface area contributed by atoms with Crippen LogP contribution in [-0.2, 0) is 16.4 Å². The Morgan fingerprint density at radius 1 is 1.19 bits per heavy atom. The first-order chi connectivity index (χ1) is 9.88. The molecule has 0 aliphatic carbocycles. The van der Waals surface area contributed by atoms with Gasteiger partial charge >= 0.3 is 0 Å². The van der Waals surface area contributed by atoms with Crippen LogP contribution in [0.15, 0.2) is 52.3 Å². The number of hydrogen-bond donors (Lipinski definition) is 1. The van der Waals surface area contributed by atoms with Gasteiger partial charge in [-0.3, -0.25) is 4.79 Å². The number of pyridine rings is 1. The molecule has 0 fully saturated rings. The summed E-state index contributed by atoms with van der Waals surface area (Å²) < 4.78 is 38.5. The molecule has 0 radical (unpaired) electrons. The Labute approximate surface area is 121 Å². The highest BCUT2D eigenvalue weighted by Gasteiger charge is 2.14. The van der Waals surface area contributed by atoms with Crippen LogP contribution >= 0.6 is 0 Å². The van der Waals surface area contributed by atoms with E-state index in [0.717, 1.165) is 6.07 Å². The Kier molecular flexibility index (Phi) is 4.42. The number of anilines is 1. The SMILES string of the molecule is Nc1ccc(=O)n(CCCS(=O)(=O)c2cccc(F)c2)c1. The van der Waals surface area contributed by atoms with Gasteiger partial charge in [0.1, 0.15) is 5.82 Å². The van der Waals surface area contributed by atoms with Gasteiger partial charge in [-0.25, -0.2) is 12.8 Å². The zero-order valence-electron chi connectivity index (χ0n) is 11.2. The molecule has 0 saturated carbocycles. The summed E-state index contributed by atoms with van der Waals surface area (Å²) in [6.45, 7) is 0.235. The van der Waals surface area contributed by atoms with Gasteiger partial charge in [0.15, 0.2) is 9.84 Å². The summed E-state index contributed by atoms with van der Waals surface area (Å²) in [6, 6.07) is 7.70. The second-order valence-electron chi connectivity index (χ2n) is 4.62. The second kappa shape index (κ2) is 6.09. The molecule has 0 bridgehead atoms. The predicted molar refractivity (Wildman–Crippen MR) is 78.2 cm³/mol. The number of nitrogen functional groups attached to an aromatic ring is 1. The van der Waals surface area contributed by atoms with Gasteiger partial charge in [0.25, 0.3) is 5.56 Å². The van der Waals surface area contributed by atoms with Gasteiger partial charge in [0.2, 0.25) is 0 Å². The van der Waals surface area contributed by atoms with E-state index in [-0.39, 0.29) is 29.2 Å². The highest BCUT2D eigenvalue weighted by atomic mass is 32.2. The lowest BCUT2D eigenvalue weighted by molar-refractivity contribution is 0.580. The molecule has 1 aromatic heterocycles. The molecule has 1 aromatic carbocycles. The molecule has 1 heterocycles. The van der Waals surface area contributed by atoms with Crippen molar-refractivity contribution >= 4 is 15.5 Å². The van der Waals surface area contributed by atoms with E-state index >= 15 is 0 Å². The fraction of sp³-hybridized carbons (Fsp3) is 0.214. The Morgan fingerprint density at radius 2 is 1.95 bits per heavy atom. The van der Waals surface area contributed by atoms with Crippen LogP contribution in [-0.4, -0.2) is 18.7 Å². The monoisotopic (exact) mass is 310 g/mol. The van der Waals surface area contributed by atoms with Gasteiger partial charge in [-0.2, -0.15) is 0 Å². The molecule has 0 spiro atoms. The van der Waals surface area contributed by atoms with Crippen molar-refractivity contribution in [2.45, 2.75) is 17.9 Å². The molecule has 0 saturated heterocycles. The molecule has 2 N–H and O–H groups in total. The molecule has 0 aliphatic rings. The molecule has 0 unspecified atom stereocenters. The lowest BCUT2D eigenvalue weighted by Gasteiger charge is -2.07. The maximum Gasteiger partial charge on any atom is 0.250 e. The van der Waals surface area contributed by atoms with Gasteiger partial charge in [-0.05, 0) is 30.7 Å².